The molecule has 0 heterocycles. The van der Waals surface area contributed by atoms with Crippen LogP contribution in [0.3, 0.4) is 0 Å². The number of carbonyl (C=O) groups excluding carboxylic acids is 2. The number of hydrogen-bond acceptors (Lipinski definition) is 6. The summed E-state index contributed by atoms with van der Waals surface area (Å²) in [6.45, 7) is 1.58. The third-order valence-corrected chi connectivity index (χ3v) is 4.31. The smallest absolute Gasteiger partial charge is 0.416 e. The first-order valence-electron chi connectivity index (χ1n) is 8.82. The molecule has 11 heteroatoms. The molecule has 2 aromatic rings. The summed E-state index contributed by atoms with van der Waals surface area (Å²) >= 11 is 3.30. The number of nitrogens with one attached hydrogen (secondary N) is 1. The number of hydrazone groups is 1. The first-order chi connectivity index (χ1) is 14.7. The van der Waals surface area contributed by atoms with Gasteiger partial charge in [-0.3, -0.25) is 4.79 Å². The number of esters is 1. The zero-order valence-corrected chi connectivity index (χ0v) is 18.0. The Morgan fingerprint density at radius 3 is 2.61 bits per heavy atom. The van der Waals surface area contributed by atoms with Gasteiger partial charge in [-0.1, -0.05) is 6.07 Å². The number of amides is 1. The summed E-state index contributed by atoms with van der Waals surface area (Å²) in [5, 5.41) is 3.76. The summed E-state index contributed by atoms with van der Waals surface area (Å²) in [5.74, 6) is -0.799. The maximum absolute atomic E-state index is 12.8. The Labute approximate surface area is 184 Å². The minimum absolute atomic E-state index is 0.187. The van der Waals surface area contributed by atoms with Gasteiger partial charge in [0.2, 0.25) is 0 Å². The molecule has 0 radical (unpaired) electrons. The summed E-state index contributed by atoms with van der Waals surface area (Å²) in [4.78, 5) is 23.5. The van der Waals surface area contributed by atoms with Crippen LogP contribution in [0.15, 0.2) is 46.0 Å². The number of ether oxygens (including phenoxy) is 3. The monoisotopic (exact) mass is 502 g/mol. The molecule has 0 atom stereocenters. The normalized spacial score (nSPS) is 11.3. The van der Waals surface area contributed by atoms with Crippen LogP contribution < -0.4 is 14.9 Å². The fourth-order valence-electron chi connectivity index (χ4n) is 2.35. The Hall–Kier alpha value is -3.08. The molecule has 0 bridgehead atoms. The van der Waals surface area contributed by atoms with Crippen molar-refractivity contribution >= 4 is 34.0 Å². The SMILES string of the molecule is CCOC(=O)COc1c(Br)cc(/C=N\NC(=O)c2cccc(C(F)(F)F)c2)cc1OC. The summed E-state index contributed by atoms with van der Waals surface area (Å²) in [5.41, 5.74) is 1.53. The molecule has 0 fully saturated rings. The maximum Gasteiger partial charge on any atom is 0.416 e. The number of nitrogens with zero attached hydrogens (tertiary/aromatic N) is 1. The molecule has 0 spiro atoms. The predicted molar refractivity (Wildman–Crippen MR) is 109 cm³/mol. The van der Waals surface area contributed by atoms with E-state index in [-0.39, 0.29) is 30.3 Å². The molecule has 0 unspecified atom stereocenters. The third-order valence-electron chi connectivity index (χ3n) is 3.72. The van der Waals surface area contributed by atoms with Crippen molar-refractivity contribution in [3.8, 4) is 11.5 Å². The average molecular weight is 503 g/mol. The molecule has 2 aromatic carbocycles. The largest absolute Gasteiger partial charge is 0.493 e. The van der Waals surface area contributed by atoms with Crippen molar-refractivity contribution in [3.05, 3.63) is 57.6 Å². The van der Waals surface area contributed by atoms with Crippen molar-refractivity contribution in [3.63, 3.8) is 0 Å². The highest BCUT2D eigenvalue weighted by Gasteiger charge is 2.30. The van der Waals surface area contributed by atoms with Gasteiger partial charge in [0.15, 0.2) is 18.1 Å². The van der Waals surface area contributed by atoms with Gasteiger partial charge in [0.1, 0.15) is 0 Å². The quantitative estimate of drug-likeness (QED) is 0.332. The highest BCUT2D eigenvalue weighted by Crippen LogP contribution is 2.36. The molecule has 0 aromatic heterocycles. The Morgan fingerprint density at radius 1 is 1.23 bits per heavy atom. The lowest BCUT2D eigenvalue weighted by Gasteiger charge is -2.13. The van der Waals surface area contributed by atoms with Crippen LogP contribution in [0.5, 0.6) is 11.5 Å². The van der Waals surface area contributed by atoms with Crippen LogP contribution >= 0.6 is 15.9 Å². The highest BCUT2D eigenvalue weighted by atomic mass is 79.9. The van der Waals surface area contributed by atoms with Crippen molar-refractivity contribution in [2.75, 3.05) is 20.3 Å². The first-order valence-corrected chi connectivity index (χ1v) is 9.61. The van der Waals surface area contributed by atoms with E-state index < -0.39 is 23.6 Å². The molecule has 31 heavy (non-hydrogen) atoms. The molecule has 166 valence electrons. The van der Waals surface area contributed by atoms with Gasteiger partial charge < -0.3 is 14.2 Å². The second-order valence-electron chi connectivity index (χ2n) is 5.91. The number of halogens is 4. The number of alkyl halides is 3. The number of carbonyl (C=O) groups is 2. The molecule has 0 aliphatic rings. The van der Waals surface area contributed by atoms with Crippen LogP contribution in [0.4, 0.5) is 13.2 Å². The summed E-state index contributed by atoms with van der Waals surface area (Å²) < 4.78 is 54.2. The fourth-order valence-corrected chi connectivity index (χ4v) is 2.93. The van der Waals surface area contributed by atoms with Crippen molar-refractivity contribution in [1.29, 1.82) is 0 Å². The highest BCUT2D eigenvalue weighted by molar-refractivity contribution is 9.10. The molecule has 1 N–H and O–H groups in total. The molecule has 7 nitrogen and oxygen atoms in total. The zero-order valence-electron chi connectivity index (χ0n) is 16.5. The zero-order chi connectivity index (χ0) is 23.0. The van der Waals surface area contributed by atoms with Crippen molar-refractivity contribution in [2.45, 2.75) is 13.1 Å². The van der Waals surface area contributed by atoms with Gasteiger partial charge >= 0.3 is 12.1 Å². The van der Waals surface area contributed by atoms with E-state index in [2.05, 4.69) is 26.5 Å². The Balaban J connectivity index is 2.10. The van der Waals surface area contributed by atoms with Crippen molar-refractivity contribution in [2.24, 2.45) is 5.10 Å². The van der Waals surface area contributed by atoms with E-state index >= 15 is 0 Å². The van der Waals surface area contributed by atoms with E-state index in [1.54, 1.807) is 13.0 Å². The topological polar surface area (TPSA) is 86.2 Å². The standard InChI is InChI=1S/C20H18BrF3N2O5/c1-3-30-17(27)11-31-18-15(21)7-12(8-16(18)29-2)10-25-26-19(28)13-5-4-6-14(9-13)20(22,23)24/h4-10H,3,11H2,1-2H3,(H,26,28)/b25-10-. The lowest BCUT2D eigenvalue weighted by Crippen LogP contribution is -2.18. The lowest BCUT2D eigenvalue weighted by atomic mass is 10.1. The van der Waals surface area contributed by atoms with Gasteiger partial charge in [-0.2, -0.15) is 18.3 Å². The van der Waals surface area contributed by atoms with Gasteiger partial charge in [-0.15, -0.1) is 0 Å². The van der Waals surface area contributed by atoms with Crippen LogP contribution in [0.25, 0.3) is 0 Å². The molecule has 2 rings (SSSR count). The second kappa shape index (κ2) is 10.8. The molecule has 0 aliphatic heterocycles. The summed E-state index contributed by atoms with van der Waals surface area (Å²) in [6.07, 6.45) is -3.28. The number of benzene rings is 2. The third kappa shape index (κ3) is 6.99. The van der Waals surface area contributed by atoms with E-state index in [0.29, 0.717) is 10.0 Å². The molecular formula is C20H18BrF3N2O5. The van der Waals surface area contributed by atoms with E-state index in [0.717, 1.165) is 18.2 Å². The minimum atomic E-state index is -4.56. The van der Waals surface area contributed by atoms with E-state index in [1.807, 2.05) is 0 Å². The predicted octanol–water partition coefficient (Wildman–Crippen LogP) is 4.18. The molecular weight excluding hydrogens is 485 g/mol. The summed E-state index contributed by atoms with van der Waals surface area (Å²) in [6, 6.07) is 7.11. The van der Waals surface area contributed by atoms with E-state index in [4.69, 9.17) is 14.2 Å². The molecule has 0 saturated carbocycles. The van der Waals surface area contributed by atoms with Gasteiger partial charge in [-0.25, -0.2) is 10.2 Å². The molecule has 0 saturated heterocycles. The van der Waals surface area contributed by atoms with Crippen molar-refractivity contribution in [1.82, 2.24) is 5.43 Å². The summed E-state index contributed by atoms with van der Waals surface area (Å²) in [7, 11) is 1.40. The Kier molecular flexibility index (Phi) is 8.43. The number of hydrogen-bond donors (Lipinski definition) is 1. The first kappa shape index (κ1) is 24.2. The van der Waals surface area contributed by atoms with Gasteiger partial charge in [0.25, 0.3) is 5.91 Å². The fraction of sp³-hybridized carbons (Fsp3) is 0.250. The van der Waals surface area contributed by atoms with Gasteiger partial charge in [0, 0.05) is 5.56 Å². The van der Waals surface area contributed by atoms with Crippen LogP contribution in [0.1, 0.15) is 28.4 Å². The maximum atomic E-state index is 12.8. The van der Waals surface area contributed by atoms with E-state index in [1.165, 1.54) is 25.5 Å². The second-order valence-corrected chi connectivity index (χ2v) is 6.76. The van der Waals surface area contributed by atoms with Crippen molar-refractivity contribution < 1.29 is 37.0 Å². The minimum Gasteiger partial charge on any atom is -0.493 e. The number of methoxy groups -OCH3 is 1. The van der Waals surface area contributed by atoms with Gasteiger partial charge in [0.05, 0.1) is 30.0 Å². The van der Waals surface area contributed by atoms with Crippen LogP contribution in [0, 0.1) is 0 Å². The Bertz CT molecular complexity index is 980. The number of rotatable bonds is 8. The molecule has 1 amide bonds. The lowest BCUT2D eigenvalue weighted by molar-refractivity contribution is -0.145. The Morgan fingerprint density at radius 2 is 1.97 bits per heavy atom. The average Bonchev–Trinajstić information content (AvgIpc) is 2.72. The van der Waals surface area contributed by atoms with Gasteiger partial charge in [-0.05, 0) is 58.7 Å². The molecule has 0 aliphatic carbocycles. The van der Waals surface area contributed by atoms with Crippen LogP contribution in [-0.4, -0.2) is 38.4 Å². The van der Waals surface area contributed by atoms with E-state index in [9.17, 15) is 22.8 Å². The van der Waals surface area contributed by atoms with Crippen LogP contribution in [0.2, 0.25) is 0 Å². The van der Waals surface area contributed by atoms with Crippen LogP contribution in [-0.2, 0) is 15.7 Å².